The second kappa shape index (κ2) is 14.6. The molecule has 0 amide bonds. The van der Waals surface area contributed by atoms with Gasteiger partial charge in [0.2, 0.25) is 11.7 Å². The number of benzene rings is 1. The first kappa shape index (κ1) is 26.6. The van der Waals surface area contributed by atoms with Gasteiger partial charge >= 0.3 is 12.1 Å². The minimum atomic E-state index is -5.08. The van der Waals surface area contributed by atoms with Crippen molar-refractivity contribution in [3.05, 3.63) is 35.7 Å². The Hall–Kier alpha value is -2.42. The number of rotatable bonds is 12. The van der Waals surface area contributed by atoms with Gasteiger partial charge in [0, 0.05) is 18.5 Å². The van der Waals surface area contributed by atoms with Crippen molar-refractivity contribution in [3.8, 4) is 11.4 Å². The topological polar surface area (TPSA) is 102 Å². The number of carboxylic acid groups (broad SMARTS) is 1. The number of aliphatic carboxylic acids is 1. The second-order valence-corrected chi connectivity index (χ2v) is 7.28. The molecule has 2 aromatic rings. The Bertz CT molecular complexity index is 746. The normalized spacial score (nSPS) is 11.1. The Balaban J connectivity index is 0.000000592. The summed E-state index contributed by atoms with van der Waals surface area (Å²) in [6.45, 7) is 2.79. The van der Waals surface area contributed by atoms with E-state index >= 15 is 0 Å². The zero-order valence-corrected chi connectivity index (χ0v) is 18.0. The number of hydrogen-bond acceptors (Lipinski definition) is 5. The van der Waals surface area contributed by atoms with Crippen LogP contribution in [0.4, 0.5) is 13.2 Å². The molecule has 6 nitrogen and oxygen atoms in total. The molecule has 0 spiro atoms. The number of halogens is 3. The molecule has 0 radical (unpaired) electrons. The first-order valence-electron chi connectivity index (χ1n) is 10.7. The highest BCUT2D eigenvalue weighted by atomic mass is 19.4. The van der Waals surface area contributed by atoms with Crippen molar-refractivity contribution in [3.63, 3.8) is 0 Å². The van der Waals surface area contributed by atoms with Gasteiger partial charge in [0.05, 0.1) is 0 Å². The van der Waals surface area contributed by atoms with Gasteiger partial charge in [-0.3, -0.25) is 0 Å². The summed E-state index contributed by atoms with van der Waals surface area (Å²) < 4.78 is 36.9. The zero-order chi connectivity index (χ0) is 23.1. The van der Waals surface area contributed by atoms with Crippen LogP contribution in [0.2, 0.25) is 0 Å². The molecule has 174 valence electrons. The summed E-state index contributed by atoms with van der Waals surface area (Å²) in [7, 11) is 0. The van der Waals surface area contributed by atoms with Gasteiger partial charge in [0.25, 0.3) is 0 Å². The third-order valence-corrected chi connectivity index (χ3v) is 4.60. The van der Waals surface area contributed by atoms with Crippen LogP contribution in [0.5, 0.6) is 0 Å². The van der Waals surface area contributed by atoms with Gasteiger partial charge in [-0.1, -0.05) is 81.3 Å². The molecule has 1 heterocycles. The molecule has 9 heteroatoms. The van der Waals surface area contributed by atoms with Crippen LogP contribution in [-0.4, -0.2) is 33.9 Å². The first-order valence-corrected chi connectivity index (χ1v) is 10.7. The largest absolute Gasteiger partial charge is 0.490 e. The maximum Gasteiger partial charge on any atom is 0.490 e. The fourth-order valence-electron chi connectivity index (χ4n) is 2.88. The fraction of sp³-hybridized carbons (Fsp3) is 0.591. The lowest BCUT2D eigenvalue weighted by atomic mass is 10.0. The number of nitrogens with two attached hydrogens (primary N) is 1. The van der Waals surface area contributed by atoms with Gasteiger partial charge in [-0.05, 0) is 18.4 Å². The number of aromatic nitrogens is 2. The Morgan fingerprint density at radius 1 is 1.00 bits per heavy atom. The molecule has 2 rings (SSSR count). The van der Waals surface area contributed by atoms with E-state index in [1.54, 1.807) is 0 Å². The van der Waals surface area contributed by atoms with Crippen molar-refractivity contribution < 1.29 is 27.6 Å². The van der Waals surface area contributed by atoms with E-state index in [0.717, 1.165) is 12.0 Å². The SMILES string of the molecule is CCCCCCCCCCc1ccc(-c2noc(CCN)n2)cc1.O=C(O)C(F)(F)F. The number of unbranched alkanes of at least 4 members (excludes halogenated alkanes) is 7. The van der Waals surface area contributed by atoms with Crippen LogP contribution >= 0.6 is 0 Å². The van der Waals surface area contributed by atoms with Gasteiger partial charge in [-0.2, -0.15) is 18.2 Å². The Labute approximate surface area is 181 Å². The van der Waals surface area contributed by atoms with E-state index < -0.39 is 12.1 Å². The number of carboxylic acids is 1. The number of alkyl halides is 3. The van der Waals surface area contributed by atoms with Crippen LogP contribution < -0.4 is 5.73 Å². The smallest absolute Gasteiger partial charge is 0.475 e. The quantitative estimate of drug-likeness (QED) is 0.417. The summed E-state index contributed by atoms with van der Waals surface area (Å²) in [6.07, 6.45) is 7.59. The van der Waals surface area contributed by atoms with Crippen LogP contribution in [0.3, 0.4) is 0 Å². The first-order chi connectivity index (χ1) is 14.8. The molecule has 0 saturated carbocycles. The highest BCUT2D eigenvalue weighted by Crippen LogP contribution is 2.18. The predicted octanol–water partition coefficient (Wildman–Crippen LogP) is 5.55. The summed E-state index contributed by atoms with van der Waals surface area (Å²) in [5.74, 6) is -1.50. The second-order valence-electron chi connectivity index (χ2n) is 7.28. The highest BCUT2D eigenvalue weighted by Gasteiger charge is 2.38. The van der Waals surface area contributed by atoms with Crippen molar-refractivity contribution in [2.75, 3.05) is 6.54 Å². The lowest BCUT2D eigenvalue weighted by molar-refractivity contribution is -0.192. The summed E-state index contributed by atoms with van der Waals surface area (Å²) in [5, 5.41) is 11.1. The number of aryl methyl sites for hydroxylation is 1. The van der Waals surface area contributed by atoms with Crippen molar-refractivity contribution in [1.82, 2.24) is 10.1 Å². The molecule has 1 aromatic carbocycles. The number of nitrogens with zero attached hydrogens (tertiary/aromatic N) is 2. The minimum Gasteiger partial charge on any atom is -0.475 e. The van der Waals surface area contributed by atoms with Crippen molar-refractivity contribution in [1.29, 1.82) is 0 Å². The van der Waals surface area contributed by atoms with E-state index in [0.29, 0.717) is 24.7 Å². The van der Waals surface area contributed by atoms with Crippen LogP contribution in [-0.2, 0) is 17.6 Å². The molecule has 1 aromatic heterocycles. The predicted molar refractivity (Wildman–Crippen MR) is 112 cm³/mol. The molecule has 0 atom stereocenters. The Morgan fingerprint density at radius 3 is 2.06 bits per heavy atom. The molecular weight excluding hydrogens is 411 g/mol. The monoisotopic (exact) mass is 443 g/mol. The molecule has 0 unspecified atom stereocenters. The summed E-state index contributed by atoms with van der Waals surface area (Å²) in [6, 6.07) is 8.51. The van der Waals surface area contributed by atoms with E-state index in [9.17, 15) is 13.2 Å². The molecule has 0 aliphatic heterocycles. The van der Waals surface area contributed by atoms with Crippen molar-refractivity contribution in [2.45, 2.75) is 77.3 Å². The molecule has 31 heavy (non-hydrogen) atoms. The third-order valence-electron chi connectivity index (χ3n) is 4.60. The average Bonchev–Trinajstić information content (AvgIpc) is 3.19. The third kappa shape index (κ3) is 11.5. The van der Waals surface area contributed by atoms with Crippen molar-refractivity contribution in [2.24, 2.45) is 5.73 Å². The standard InChI is InChI=1S/C20H31N3O.C2HF3O2/c1-2-3-4-5-6-7-8-9-10-17-11-13-18(14-12-17)20-22-19(15-16-21)24-23-20;3-2(4,5)1(6)7/h11-14H,2-10,15-16,21H2,1H3;(H,6,7). The summed E-state index contributed by atoms with van der Waals surface area (Å²) >= 11 is 0. The lowest BCUT2D eigenvalue weighted by Gasteiger charge is -2.03. The molecule has 3 N–H and O–H groups in total. The van der Waals surface area contributed by atoms with E-state index in [-0.39, 0.29) is 0 Å². The van der Waals surface area contributed by atoms with Crippen LogP contribution in [0.25, 0.3) is 11.4 Å². The molecule has 0 saturated heterocycles. The van der Waals surface area contributed by atoms with E-state index in [1.165, 1.54) is 56.9 Å². The molecule has 0 bridgehead atoms. The van der Waals surface area contributed by atoms with E-state index in [2.05, 4.69) is 41.3 Å². The van der Waals surface area contributed by atoms with Crippen LogP contribution in [0, 0.1) is 0 Å². The summed E-state index contributed by atoms with van der Waals surface area (Å²) in [4.78, 5) is 13.3. The van der Waals surface area contributed by atoms with Gasteiger partial charge < -0.3 is 15.4 Å². The Morgan fingerprint density at radius 2 is 1.55 bits per heavy atom. The highest BCUT2D eigenvalue weighted by molar-refractivity contribution is 5.73. The van der Waals surface area contributed by atoms with Gasteiger partial charge in [-0.15, -0.1) is 0 Å². The maximum atomic E-state index is 10.6. The maximum absolute atomic E-state index is 10.6. The van der Waals surface area contributed by atoms with E-state index in [1.807, 2.05) is 0 Å². The van der Waals surface area contributed by atoms with Gasteiger partial charge in [0.15, 0.2) is 0 Å². The lowest BCUT2D eigenvalue weighted by Crippen LogP contribution is -2.21. The van der Waals surface area contributed by atoms with Crippen LogP contribution in [0.15, 0.2) is 28.8 Å². The van der Waals surface area contributed by atoms with E-state index in [4.69, 9.17) is 20.2 Å². The molecule has 0 fully saturated rings. The number of carbonyl (C=O) groups is 1. The number of hydrogen-bond donors (Lipinski definition) is 2. The average molecular weight is 444 g/mol. The Kier molecular flexibility index (Phi) is 12.5. The minimum absolute atomic E-state index is 0.527. The van der Waals surface area contributed by atoms with Crippen molar-refractivity contribution >= 4 is 5.97 Å². The fourth-order valence-corrected chi connectivity index (χ4v) is 2.88. The van der Waals surface area contributed by atoms with Crippen LogP contribution in [0.1, 0.15) is 69.7 Å². The molecule has 0 aliphatic rings. The van der Waals surface area contributed by atoms with Gasteiger partial charge in [0.1, 0.15) is 0 Å². The van der Waals surface area contributed by atoms with Gasteiger partial charge in [-0.25, -0.2) is 4.79 Å². The molecular formula is C22H32F3N3O3. The summed E-state index contributed by atoms with van der Waals surface area (Å²) in [5.41, 5.74) is 7.88. The molecule has 0 aliphatic carbocycles. The zero-order valence-electron chi connectivity index (χ0n) is 18.0.